The first kappa shape index (κ1) is 21.2. The molecule has 2 aliphatic rings. The Morgan fingerprint density at radius 1 is 1.27 bits per heavy atom. The minimum atomic E-state index is 0. The molecule has 146 valence electrons. The lowest BCUT2D eigenvalue weighted by Gasteiger charge is -2.15. The largest absolute Gasteiger partial charge is 0.474 e. The number of ether oxygens (including phenoxy) is 2. The lowest BCUT2D eigenvalue weighted by atomic mass is 10.2. The normalized spacial score (nSPS) is 20.7. The predicted molar refractivity (Wildman–Crippen MR) is 114 cm³/mol. The Bertz CT molecular complexity index is 558. The Morgan fingerprint density at radius 2 is 2.12 bits per heavy atom. The number of hydrogen-bond donors (Lipinski definition) is 2. The van der Waals surface area contributed by atoms with Crippen LogP contribution >= 0.6 is 24.0 Å². The maximum absolute atomic E-state index is 5.98. The van der Waals surface area contributed by atoms with Gasteiger partial charge in [-0.25, -0.2) is 9.98 Å². The molecule has 7 heteroatoms. The van der Waals surface area contributed by atoms with Crippen LogP contribution in [0.4, 0.5) is 0 Å². The SMILES string of the molecule is CCNC(=NCc1ccnc(OC2CCCC2)c1)NCC1CCCO1.I. The van der Waals surface area contributed by atoms with Crippen LogP contribution in [0.2, 0.25) is 0 Å². The molecule has 26 heavy (non-hydrogen) atoms. The molecule has 1 saturated heterocycles. The molecule has 1 aliphatic carbocycles. The van der Waals surface area contributed by atoms with Crippen molar-refractivity contribution >= 4 is 29.9 Å². The lowest BCUT2D eigenvalue weighted by Crippen LogP contribution is -2.41. The predicted octanol–water partition coefficient (Wildman–Crippen LogP) is 3.26. The first-order chi connectivity index (χ1) is 12.3. The van der Waals surface area contributed by atoms with E-state index in [4.69, 9.17) is 9.47 Å². The molecule has 1 unspecified atom stereocenters. The molecular formula is C19H31IN4O2. The molecule has 2 N–H and O–H groups in total. The number of aliphatic imine (C=N–C) groups is 1. The highest BCUT2D eigenvalue weighted by atomic mass is 127. The average molecular weight is 474 g/mol. The van der Waals surface area contributed by atoms with Gasteiger partial charge in [0.1, 0.15) is 6.10 Å². The van der Waals surface area contributed by atoms with Crippen molar-refractivity contribution in [1.82, 2.24) is 15.6 Å². The van der Waals surface area contributed by atoms with E-state index in [1.165, 1.54) is 12.8 Å². The van der Waals surface area contributed by atoms with Crippen molar-refractivity contribution in [2.75, 3.05) is 19.7 Å². The summed E-state index contributed by atoms with van der Waals surface area (Å²) in [7, 11) is 0. The van der Waals surface area contributed by atoms with Crippen LogP contribution in [0.15, 0.2) is 23.3 Å². The summed E-state index contributed by atoms with van der Waals surface area (Å²) in [5, 5.41) is 6.66. The second-order valence-electron chi connectivity index (χ2n) is 6.74. The minimum Gasteiger partial charge on any atom is -0.474 e. The highest BCUT2D eigenvalue weighted by Gasteiger charge is 2.17. The maximum Gasteiger partial charge on any atom is 0.213 e. The van der Waals surface area contributed by atoms with Gasteiger partial charge >= 0.3 is 0 Å². The van der Waals surface area contributed by atoms with Gasteiger partial charge in [0, 0.05) is 32.0 Å². The summed E-state index contributed by atoms with van der Waals surface area (Å²) in [6, 6.07) is 4.00. The van der Waals surface area contributed by atoms with E-state index in [2.05, 4.69) is 27.5 Å². The molecule has 2 heterocycles. The molecule has 0 radical (unpaired) electrons. The van der Waals surface area contributed by atoms with Gasteiger partial charge in [0.15, 0.2) is 5.96 Å². The van der Waals surface area contributed by atoms with Crippen LogP contribution in [-0.2, 0) is 11.3 Å². The third-order valence-electron chi connectivity index (χ3n) is 4.67. The number of nitrogens with zero attached hydrogens (tertiary/aromatic N) is 2. The zero-order chi connectivity index (χ0) is 17.3. The monoisotopic (exact) mass is 474 g/mol. The number of guanidine groups is 1. The Kier molecular flexibility index (Phi) is 9.45. The van der Waals surface area contributed by atoms with Gasteiger partial charge in [-0.2, -0.15) is 0 Å². The van der Waals surface area contributed by atoms with Gasteiger partial charge in [-0.05, 0) is 57.1 Å². The van der Waals surface area contributed by atoms with Gasteiger partial charge in [0.2, 0.25) is 5.88 Å². The van der Waals surface area contributed by atoms with Gasteiger partial charge < -0.3 is 20.1 Å². The second-order valence-corrected chi connectivity index (χ2v) is 6.74. The van der Waals surface area contributed by atoms with Crippen LogP contribution in [0.1, 0.15) is 51.0 Å². The van der Waals surface area contributed by atoms with Gasteiger partial charge in [-0.1, -0.05) is 0 Å². The van der Waals surface area contributed by atoms with E-state index in [1.807, 2.05) is 18.3 Å². The van der Waals surface area contributed by atoms with E-state index >= 15 is 0 Å². The Balaban J connectivity index is 0.00000243. The van der Waals surface area contributed by atoms with Gasteiger partial charge in [-0.15, -0.1) is 24.0 Å². The quantitative estimate of drug-likeness (QED) is 0.361. The third kappa shape index (κ3) is 6.90. The van der Waals surface area contributed by atoms with Crippen molar-refractivity contribution in [3.63, 3.8) is 0 Å². The summed E-state index contributed by atoms with van der Waals surface area (Å²) in [6.07, 6.45) is 9.52. The van der Waals surface area contributed by atoms with Crippen molar-refractivity contribution in [2.45, 2.75) is 64.2 Å². The molecule has 1 aromatic rings. The Hall–Kier alpha value is -1.09. The zero-order valence-electron chi connectivity index (χ0n) is 15.6. The number of pyridine rings is 1. The number of hydrogen-bond acceptors (Lipinski definition) is 4. The molecular weight excluding hydrogens is 443 g/mol. The Morgan fingerprint density at radius 3 is 2.85 bits per heavy atom. The number of halogens is 1. The molecule has 1 aromatic heterocycles. The second kappa shape index (κ2) is 11.6. The summed E-state index contributed by atoms with van der Waals surface area (Å²) in [6.45, 7) is 5.19. The highest BCUT2D eigenvalue weighted by molar-refractivity contribution is 14.0. The molecule has 1 aliphatic heterocycles. The van der Waals surface area contributed by atoms with E-state index in [0.29, 0.717) is 18.8 Å². The van der Waals surface area contributed by atoms with Crippen LogP contribution in [0.25, 0.3) is 0 Å². The fraction of sp³-hybridized carbons (Fsp3) is 0.684. The fourth-order valence-corrected chi connectivity index (χ4v) is 3.32. The first-order valence-electron chi connectivity index (χ1n) is 9.59. The number of nitrogens with one attached hydrogen (secondary N) is 2. The van der Waals surface area contributed by atoms with Crippen molar-refractivity contribution < 1.29 is 9.47 Å². The summed E-state index contributed by atoms with van der Waals surface area (Å²) in [5.74, 6) is 1.55. The zero-order valence-corrected chi connectivity index (χ0v) is 17.9. The standard InChI is InChI=1S/C19H30N4O2.HI/c1-2-20-19(23-14-17-8-5-11-24-17)22-13-15-9-10-21-18(12-15)25-16-6-3-4-7-16;/h9-10,12,16-17H,2-8,11,13-14H2,1H3,(H2,20,22,23);1H. The van der Waals surface area contributed by atoms with E-state index in [1.54, 1.807) is 0 Å². The van der Waals surface area contributed by atoms with Crippen LogP contribution in [0.3, 0.4) is 0 Å². The van der Waals surface area contributed by atoms with Crippen LogP contribution < -0.4 is 15.4 Å². The minimum absolute atomic E-state index is 0. The molecule has 0 spiro atoms. The van der Waals surface area contributed by atoms with E-state index in [-0.39, 0.29) is 24.0 Å². The van der Waals surface area contributed by atoms with Gasteiger partial charge in [0.05, 0.1) is 12.6 Å². The topological polar surface area (TPSA) is 67.8 Å². The number of rotatable bonds is 7. The summed E-state index contributed by atoms with van der Waals surface area (Å²) in [4.78, 5) is 9.01. The molecule has 0 aromatic carbocycles. The summed E-state index contributed by atoms with van der Waals surface area (Å²) >= 11 is 0. The van der Waals surface area contributed by atoms with Crippen LogP contribution in [0.5, 0.6) is 5.88 Å². The molecule has 1 saturated carbocycles. The molecule has 3 rings (SSSR count). The molecule has 6 nitrogen and oxygen atoms in total. The van der Waals surface area contributed by atoms with Crippen molar-refractivity contribution in [3.8, 4) is 5.88 Å². The maximum atomic E-state index is 5.98. The fourth-order valence-electron chi connectivity index (χ4n) is 3.32. The summed E-state index contributed by atoms with van der Waals surface area (Å²) in [5.41, 5.74) is 1.11. The molecule has 0 amide bonds. The van der Waals surface area contributed by atoms with Gasteiger partial charge in [0.25, 0.3) is 0 Å². The van der Waals surface area contributed by atoms with Crippen molar-refractivity contribution in [2.24, 2.45) is 4.99 Å². The third-order valence-corrected chi connectivity index (χ3v) is 4.67. The molecule has 2 fully saturated rings. The van der Waals surface area contributed by atoms with Crippen molar-refractivity contribution in [1.29, 1.82) is 0 Å². The lowest BCUT2D eigenvalue weighted by molar-refractivity contribution is 0.114. The van der Waals surface area contributed by atoms with E-state index in [0.717, 1.165) is 62.8 Å². The van der Waals surface area contributed by atoms with Crippen LogP contribution in [-0.4, -0.2) is 42.8 Å². The summed E-state index contributed by atoms with van der Waals surface area (Å²) < 4.78 is 11.6. The van der Waals surface area contributed by atoms with E-state index in [9.17, 15) is 0 Å². The smallest absolute Gasteiger partial charge is 0.213 e. The van der Waals surface area contributed by atoms with E-state index < -0.39 is 0 Å². The van der Waals surface area contributed by atoms with Crippen molar-refractivity contribution in [3.05, 3.63) is 23.9 Å². The average Bonchev–Trinajstić information content (AvgIpc) is 3.31. The number of aromatic nitrogens is 1. The Labute approximate surface area is 173 Å². The van der Waals surface area contributed by atoms with Crippen LogP contribution in [0, 0.1) is 0 Å². The molecule has 1 atom stereocenters. The van der Waals surface area contributed by atoms with Gasteiger partial charge in [-0.3, -0.25) is 0 Å². The molecule has 0 bridgehead atoms. The highest BCUT2D eigenvalue weighted by Crippen LogP contribution is 2.23. The first-order valence-corrected chi connectivity index (χ1v) is 9.59.